The number of amides is 1. The average Bonchev–Trinajstić information content (AvgIpc) is 3.28. The van der Waals surface area contributed by atoms with E-state index in [1.807, 2.05) is 41.7 Å². The molecule has 8 heteroatoms. The Labute approximate surface area is 180 Å². The van der Waals surface area contributed by atoms with E-state index in [9.17, 15) is 4.79 Å². The van der Waals surface area contributed by atoms with Crippen LogP contribution in [-0.4, -0.2) is 51.8 Å². The average molecular weight is 426 g/mol. The molecule has 1 aliphatic heterocycles. The minimum Gasteiger partial charge on any atom is -0.484 e. The highest BCUT2D eigenvalue weighted by Gasteiger charge is 2.19. The molecule has 1 N–H and O–H groups in total. The molecule has 0 unspecified atom stereocenters. The Morgan fingerprint density at radius 2 is 2.03 bits per heavy atom. The van der Waals surface area contributed by atoms with Crippen LogP contribution in [0.5, 0.6) is 5.75 Å². The molecule has 30 heavy (non-hydrogen) atoms. The quantitative estimate of drug-likeness (QED) is 0.600. The standard InChI is InChI=1S/C22H27N5O2S/c1-17-9-14-30-19(17)15-26-11-8-21-25-24-20(27(21)13-12-26)7-10-23-22(28)16-29-18-5-3-2-4-6-18/h2-6,9,14H,7-8,10-13,15-16H2,1H3,(H,23,28). The third kappa shape index (κ3) is 5.25. The van der Waals surface area contributed by atoms with Crippen molar-refractivity contribution in [1.29, 1.82) is 0 Å². The number of thiophene rings is 1. The summed E-state index contributed by atoms with van der Waals surface area (Å²) in [6.07, 6.45) is 1.56. The summed E-state index contributed by atoms with van der Waals surface area (Å²) < 4.78 is 7.69. The summed E-state index contributed by atoms with van der Waals surface area (Å²) in [5.41, 5.74) is 1.37. The van der Waals surface area contributed by atoms with Crippen LogP contribution in [0, 0.1) is 6.92 Å². The summed E-state index contributed by atoms with van der Waals surface area (Å²) in [6.45, 7) is 6.56. The molecule has 0 atom stereocenters. The van der Waals surface area contributed by atoms with Gasteiger partial charge < -0.3 is 14.6 Å². The maximum atomic E-state index is 12.0. The largest absolute Gasteiger partial charge is 0.484 e. The van der Waals surface area contributed by atoms with Crippen molar-refractivity contribution >= 4 is 17.2 Å². The summed E-state index contributed by atoms with van der Waals surface area (Å²) >= 11 is 1.83. The SMILES string of the molecule is Cc1ccsc1CN1CCc2nnc(CCNC(=O)COc3ccccc3)n2CC1. The molecule has 0 fully saturated rings. The van der Waals surface area contributed by atoms with Crippen molar-refractivity contribution in [2.45, 2.75) is 32.9 Å². The van der Waals surface area contributed by atoms with Gasteiger partial charge in [-0.25, -0.2) is 0 Å². The molecule has 158 valence electrons. The van der Waals surface area contributed by atoms with Gasteiger partial charge in [-0.1, -0.05) is 18.2 Å². The van der Waals surface area contributed by atoms with Crippen LogP contribution in [0.2, 0.25) is 0 Å². The van der Waals surface area contributed by atoms with Crippen molar-refractivity contribution < 1.29 is 9.53 Å². The van der Waals surface area contributed by atoms with Gasteiger partial charge >= 0.3 is 0 Å². The predicted octanol–water partition coefficient (Wildman–Crippen LogP) is 2.44. The maximum absolute atomic E-state index is 12.0. The number of para-hydroxylation sites is 1. The second-order valence-electron chi connectivity index (χ2n) is 7.44. The van der Waals surface area contributed by atoms with Crippen molar-refractivity contribution in [3.63, 3.8) is 0 Å². The van der Waals surface area contributed by atoms with Crippen LogP contribution >= 0.6 is 11.3 Å². The highest BCUT2D eigenvalue weighted by molar-refractivity contribution is 7.10. The lowest BCUT2D eigenvalue weighted by Gasteiger charge is -2.19. The third-order valence-electron chi connectivity index (χ3n) is 5.31. The summed E-state index contributed by atoms with van der Waals surface area (Å²) in [7, 11) is 0. The Morgan fingerprint density at radius 1 is 1.17 bits per heavy atom. The van der Waals surface area contributed by atoms with Crippen LogP contribution in [0.4, 0.5) is 0 Å². The number of aromatic nitrogens is 3. The van der Waals surface area contributed by atoms with Gasteiger partial charge in [-0.05, 0) is 36.1 Å². The number of hydrogen-bond acceptors (Lipinski definition) is 6. The zero-order valence-corrected chi connectivity index (χ0v) is 18.0. The molecule has 0 spiro atoms. The van der Waals surface area contributed by atoms with E-state index in [1.54, 1.807) is 0 Å². The van der Waals surface area contributed by atoms with Crippen molar-refractivity contribution in [3.8, 4) is 5.75 Å². The maximum Gasteiger partial charge on any atom is 0.257 e. The van der Waals surface area contributed by atoms with Gasteiger partial charge in [0.15, 0.2) is 6.61 Å². The Morgan fingerprint density at radius 3 is 2.83 bits per heavy atom. The number of hydrogen-bond donors (Lipinski definition) is 1. The first-order chi connectivity index (χ1) is 14.7. The van der Waals surface area contributed by atoms with Gasteiger partial charge in [0.2, 0.25) is 0 Å². The molecule has 1 aliphatic rings. The van der Waals surface area contributed by atoms with E-state index in [0.717, 1.165) is 44.2 Å². The fourth-order valence-electron chi connectivity index (χ4n) is 3.57. The van der Waals surface area contributed by atoms with Gasteiger partial charge in [0.05, 0.1) is 0 Å². The molecule has 1 aromatic carbocycles. The van der Waals surface area contributed by atoms with E-state index < -0.39 is 0 Å². The number of carbonyl (C=O) groups is 1. The van der Waals surface area contributed by atoms with Crippen molar-refractivity contribution in [3.05, 3.63) is 63.9 Å². The molecule has 0 saturated heterocycles. The molecule has 0 bridgehead atoms. The van der Waals surface area contributed by atoms with Gasteiger partial charge in [0, 0.05) is 50.4 Å². The van der Waals surface area contributed by atoms with Gasteiger partial charge in [-0.15, -0.1) is 21.5 Å². The lowest BCUT2D eigenvalue weighted by Crippen LogP contribution is -2.31. The number of fused-ring (bicyclic) bond motifs is 1. The van der Waals surface area contributed by atoms with E-state index in [0.29, 0.717) is 18.7 Å². The fraction of sp³-hybridized carbons (Fsp3) is 0.409. The van der Waals surface area contributed by atoms with Gasteiger partial charge in [-0.2, -0.15) is 0 Å². The zero-order chi connectivity index (χ0) is 20.8. The van der Waals surface area contributed by atoms with Gasteiger partial charge in [0.25, 0.3) is 5.91 Å². The number of nitrogens with one attached hydrogen (secondary N) is 1. The Bertz CT molecular complexity index is 969. The van der Waals surface area contributed by atoms with E-state index in [-0.39, 0.29) is 12.5 Å². The highest BCUT2D eigenvalue weighted by Crippen LogP contribution is 2.19. The molecule has 7 nitrogen and oxygen atoms in total. The smallest absolute Gasteiger partial charge is 0.257 e. The van der Waals surface area contributed by atoms with Crippen molar-refractivity contribution in [2.75, 3.05) is 26.2 Å². The third-order valence-corrected chi connectivity index (χ3v) is 6.32. The molecule has 2 aromatic heterocycles. The lowest BCUT2D eigenvalue weighted by molar-refractivity contribution is -0.123. The van der Waals surface area contributed by atoms with Crippen molar-refractivity contribution in [2.24, 2.45) is 0 Å². The number of aryl methyl sites for hydroxylation is 1. The minimum atomic E-state index is -0.132. The first-order valence-corrected chi connectivity index (χ1v) is 11.2. The van der Waals surface area contributed by atoms with Crippen molar-refractivity contribution in [1.82, 2.24) is 25.0 Å². The highest BCUT2D eigenvalue weighted by atomic mass is 32.1. The topological polar surface area (TPSA) is 72.3 Å². The second-order valence-corrected chi connectivity index (χ2v) is 8.44. The predicted molar refractivity (Wildman–Crippen MR) is 117 cm³/mol. The summed E-state index contributed by atoms with van der Waals surface area (Å²) in [4.78, 5) is 16.0. The molecule has 0 aliphatic carbocycles. The second kappa shape index (κ2) is 9.86. The molecule has 3 aromatic rings. The number of nitrogens with zero attached hydrogens (tertiary/aromatic N) is 4. The molecule has 0 saturated carbocycles. The number of rotatable bonds is 8. The lowest BCUT2D eigenvalue weighted by atomic mass is 10.2. The molecular weight excluding hydrogens is 398 g/mol. The summed E-state index contributed by atoms with van der Waals surface area (Å²) in [5.74, 6) is 2.53. The van der Waals surface area contributed by atoms with Crippen LogP contribution in [0.15, 0.2) is 41.8 Å². The molecule has 0 radical (unpaired) electrons. The normalized spacial score (nSPS) is 14.2. The van der Waals surface area contributed by atoms with E-state index >= 15 is 0 Å². The summed E-state index contributed by atoms with van der Waals surface area (Å²) in [5, 5.41) is 13.8. The van der Waals surface area contributed by atoms with E-state index in [4.69, 9.17) is 4.74 Å². The van der Waals surface area contributed by atoms with Crippen LogP contribution in [0.1, 0.15) is 22.1 Å². The molecular formula is C22H27N5O2S. The first-order valence-electron chi connectivity index (χ1n) is 10.3. The van der Waals surface area contributed by atoms with E-state index in [2.05, 4.69) is 43.4 Å². The number of benzene rings is 1. The number of ether oxygens (including phenoxy) is 1. The minimum absolute atomic E-state index is 0.0129. The van der Waals surface area contributed by atoms with Crippen LogP contribution < -0.4 is 10.1 Å². The van der Waals surface area contributed by atoms with Gasteiger partial charge in [0.1, 0.15) is 17.4 Å². The Hall–Kier alpha value is -2.71. The van der Waals surface area contributed by atoms with Crippen LogP contribution in [0.3, 0.4) is 0 Å². The Kier molecular flexibility index (Phi) is 6.76. The van der Waals surface area contributed by atoms with E-state index in [1.165, 1.54) is 10.4 Å². The number of carbonyl (C=O) groups excluding carboxylic acids is 1. The van der Waals surface area contributed by atoms with Crippen LogP contribution in [0.25, 0.3) is 0 Å². The van der Waals surface area contributed by atoms with Gasteiger partial charge in [-0.3, -0.25) is 9.69 Å². The molecule has 3 heterocycles. The molecule has 4 rings (SSSR count). The van der Waals surface area contributed by atoms with Crippen LogP contribution in [-0.2, 0) is 30.7 Å². The summed E-state index contributed by atoms with van der Waals surface area (Å²) in [6, 6.07) is 11.5. The Balaban J connectivity index is 1.24. The fourth-order valence-corrected chi connectivity index (χ4v) is 4.52. The first kappa shape index (κ1) is 20.6. The molecule has 1 amide bonds. The monoisotopic (exact) mass is 425 g/mol. The zero-order valence-electron chi connectivity index (χ0n) is 17.2.